The van der Waals surface area contributed by atoms with E-state index >= 15 is 0 Å². The zero-order valence-corrected chi connectivity index (χ0v) is 16.2. The molecule has 1 aliphatic carbocycles. The number of ketones is 1. The van der Waals surface area contributed by atoms with Crippen molar-refractivity contribution in [2.45, 2.75) is 6.42 Å². The summed E-state index contributed by atoms with van der Waals surface area (Å²) >= 11 is 0. The Morgan fingerprint density at radius 2 is 1.47 bits per heavy atom. The number of carbonyl (C=O) groups excluding carboxylic acids is 1. The van der Waals surface area contributed by atoms with Gasteiger partial charge in [-0.25, -0.2) is 0 Å². The summed E-state index contributed by atoms with van der Waals surface area (Å²) in [6.45, 7) is 0. The lowest BCUT2D eigenvalue weighted by Crippen LogP contribution is -2.09. The van der Waals surface area contributed by atoms with Crippen molar-refractivity contribution < 1.29 is 9.90 Å². The first-order valence-electron chi connectivity index (χ1n) is 9.77. The Kier molecular flexibility index (Phi) is 4.07. The summed E-state index contributed by atoms with van der Waals surface area (Å²) in [5.41, 5.74) is 19.9. The smallest absolute Gasteiger partial charge is 0.195 e. The number of hydrogen-bond donors (Lipinski definition) is 3. The molecule has 1 aliphatic rings. The van der Waals surface area contributed by atoms with E-state index in [2.05, 4.69) is 18.2 Å². The number of fused-ring (bicyclic) bond motifs is 3. The van der Waals surface area contributed by atoms with Crippen molar-refractivity contribution in [1.29, 1.82) is 0 Å². The first-order chi connectivity index (χ1) is 14.5. The van der Waals surface area contributed by atoms with E-state index in [1.807, 2.05) is 24.3 Å². The molecule has 0 atom stereocenters. The molecule has 0 unspecified atom stereocenters. The van der Waals surface area contributed by atoms with Gasteiger partial charge in [0.1, 0.15) is 5.75 Å². The van der Waals surface area contributed by atoms with Gasteiger partial charge in [0.05, 0.1) is 11.3 Å². The first kappa shape index (κ1) is 18.0. The van der Waals surface area contributed by atoms with Crippen LogP contribution in [0.15, 0.2) is 78.9 Å². The molecule has 146 valence electrons. The molecule has 5 N–H and O–H groups in total. The van der Waals surface area contributed by atoms with E-state index in [9.17, 15) is 9.90 Å². The molecule has 0 radical (unpaired) electrons. The maximum Gasteiger partial charge on any atom is 0.195 e. The van der Waals surface area contributed by atoms with Crippen LogP contribution >= 0.6 is 0 Å². The van der Waals surface area contributed by atoms with Crippen LogP contribution in [-0.2, 0) is 6.42 Å². The fourth-order valence-corrected chi connectivity index (χ4v) is 4.31. The zero-order valence-electron chi connectivity index (χ0n) is 16.2. The largest absolute Gasteiger partial charge is 0.506 e. The number of carbonyl (C=O) groups is 1. The van der Waals surface area contributed by atoms with Crippen LogP contribution in [0.4, 0.5) is 11.4 Å². The van der Waals surface area contributed by atoms with Crippen LogP contribution in [0.5, 0.6) is 5.75 Å². The van der Waals surface area contributed by atoms with Crippen molar-refractivity contribution in [3.63, 3.8) is 0 Å². The number of phenols is 1. The predicted molar refractivity (Wildman–Crippen MR) is 120 cm³/mol. The number of nitrogen functional groups attached to an aromatic ring is 2. The Morgan fingerprint density at radius 3 is 2.27 bits per heavy atom. The van der Waals surface area contributed by atoms with Crippen LogP contribution in [0.25, 0.3) is 22.3 Å². The number of nitrogens with two attached hydrogens (primary N) is 2. The number of rotatable bonds is 3. The van der Waals surface area contributed by atoms with E-state index in [-0.39, 0.29) is 17.2 Å². The maximum absolute atomic E-state index is 13.4. The van der Waals surface area contributed by atoms with Crippen LogP contribution in [-0.4, -0.2) is 10.9 Å². The fourth-order valence-electron chi connectivity index (χ4n) is 4.31. The molecule has 0 amide bonds. The van der Waals surface area contributed by atoms with Crippen molar-refractivity contribution in [2.24, 2.45) is 0 Å². The zero-order chi connectivity index (χ0) is 20.8. The third-order valence-corrected chi connectivity index (χ3v) is 5.74. The van der Waals surface area contributed by atoms with Crippen molar-refractivity contribution >= 4 is 17.2 Å². The number of anilines is 2. The fraction of sp³-hybridized carbons (Fsp3) is 0.0385. The first-order valence-corrected chi connectivity index (χ1v) is 9.77. The van der Waals surface area contributed by atoms with Crippen molar-refractivity contribution in [1.82, 2.24) is 0 Å². The standard InChI is InChI=1S/C26H20N2O2/c27-17-7-3-6-16(13-17)26(30)24-21(11-12-23(29)25(24)28)20-10-4-9-19-18-8-2-1-5-15(18)14-22(19)20/h1-13,29H,14,27-28H2. The molecule has 0 saturated heterocycles. The monoisotopic (exact) mass is 392 g/mol. The van der Waals surface area contributed by atoms with Gasteiger partial charge in [-0.2, -0.15) is 0 Å². The molecule has 0 saturated carbocycles. The van der Waals surface area contributed by atoms with Gasteiger partial charge in [-0.15, -0.1) is 0 Å². The van der Waals surface area contributed by atoms with Gasteiger partial charge in [-0.05, 0) is 64.1 Å². The van der Waals surface area contributed by atoms with E-state index in [4.69, 9.17) is 11.5 Å². The predicted octanol–water partition coefficient (Wildman–Crippen LogP) is 5.03. The topological polar surface area (TPSA) is 89.3 Å². The van der Waals surface area contributed by atoms with Gasteiger partial charge >= 0.3 is 0 Å². The minimum atomic E-state index is -0.265. The molecule has 0 heterocycles. The Bertz CT molecular complexity index is 1320. The molecule has 0 aliphatic heterocycles. The summed E-state index contributed by atoms with van der Waals surface area (Å²) in [4.78, 5) is 13.4. The SMILES string of the molecule is Nc1cccc(C(=O)c2c(-c3cccc4c3Cc3ccccc3-4)ccc(O)c2N)c1. The molecule has 0 bridgehead atoms. The molecule has 4 nitrogen and oxygen atoms in total. The minimum Gasteiger partial charge on any atom is -0.506 e. The Balaban J connectivity index is 1.73. The molecule has 4 heteroatoms. The average molecular weight is 392 g/mol. The third kappa shape index (κ3) is 2.73. The second-order valence-electron chi connectivity index (χ2n) is 7.54. The molecule has 0 spiro atoms. The van der Waals surface area contributed by atoms with Crippen LogP contribution in [0.3, 0.4) is 0 Å². The van der Waals surface area contributed by atoms with E-state index < -0.39 is 0 Å². The Hall–Kier alpha value is -4.05. The summed E-state index contributed by atoms with van der Waals surface area (Å²) in [6.07, 6.45) is 0.786. The third-order valence-electron chi connectivity index (χ3n) is 5.74. The van der Waals surface area contributed by atoms with Gasteiger partial charge in [0.25, 0.3) is 0 Å². The highest BCUT2D eigenvalue weighted by molar-refractivity contribution is 6.17. The Morgan fingerprint density at radius 1 is 0.767 bits per heavy atom. The van der Waals surface area contributed by atoms with Crippen LogP contribution < -0.4 is 11.5 Å². The van der Waals surface area contributed by atoms with Crippen LogP contribution in [0.2, 0.25) is 0 Å². The van der Waals surface area contributed by atoms with Gasteiger partial charge in [-0.1, -0.05) is 54.6 Å². The molecular weight excluding hydrogens is 372 g/mol. The number of benzene rings is 4. The van der Waals surface area contributed by atoms with Crippen LogP contribution in [0, 0.1) is 0 Å². The molecule has 30 heavy (non-hydrogen) atoms. The quantitative estimate of drug-likeness (QED) is 0.228. The normalized spacial score (nSPS) is 11.7. The summed E-state index contributed by atoms with van der Waals surface area (Å²) in [6, 6.07) is 24.5. The summed E-state index contributed by atoms with van der Waals surface area (Å²) in [7, 11) is 0. The van der Waals surface area contributed by atoms with Gasteiger partial charge in [0.2, 0.25) is 0 Å². The van der Waals surface area contributed by atoms with Gasteiger partial charge in [0.15, 0.2) is 5.78 Å². The summed E-state index contributed by atoms with van der Waals surface area (Å²) in [5, 5.41) is 10.3. The highest BCUT2D eigenvalue weighted by Gasteiger charge is 2.26. The molecular formula is C26H20N2O2. The minimum absolute atomic E-state index is 0.0769. The van der Waals surface area contributed by atoms with Crippen molar-refractivity contribution in [3.8, 4) is 28.0 Å². The Labute approximate surface area is 174 Å². The molecule has 4 aromatic carbocycles. The number of phenolic OH excluding ortho intramolecular Hbond substituents is 1. The lowest BCUT2D eigenvalue weighted by Gasteiger charge is -2.16. The maximum atomic E-state index is 13.4. The lowest BCUT2D eigenvalue weighted by molar-refractivity contribution is 0.104. The van der Waals surface area contributed by atoms with Gasteiger partial charge in [0, 0.05) is 11.3 Å². The second-order valence-corrected chi connectivity index (χ2v) is 7.54. The van der Waals surface area contributed by atoms with E-state index in [0.29, 0.717) is 22.4 Å². The second kappa shape index (κ2) is 6.78. The van der Waals surface area contributed by atoms with Gasteiger partial charge in [-0.3, -0.25) is 4.79 Å². The van der Waals surface area contributed by atoms with Crippen molar-refractivity contribution in [2.75, 3.05) is 11.5 Å². The summed E-state index contributed by atoms with van der Waals surface area (Å²) in [5.74, 6) is -0.374. The highest BCUT2D eigenvalue weighted by atomic mass is 16.3. The van der Waals surface area contributed by atoms with E-state index in [0.717, 1.165) is 23.1 Å². The molecule has 4 aromatic rings. The highest BCUT2D eigenvalue weighted by Crippen LogP contribution is 2.44. The van der Waals surface area contributed by atoms with E-state index in [1.165, 1.54) is 11.1 Å². The van der Waals surface area contributed by atoms with Crippen LogP contribution in [0.1, 0.15) is 27.0 Å². The summed E-state index contributed by atoms with van der Waals surface area (Å²) < 4.78 is 0. The van der Waals surface area contributed by atoms with E-state index in [1.54, 1.807) is 36.4 Å². The van der Waals surface area contributed by atoms with Gasteiger partial charge < -0.3 is 16.6 Å². The molecule has 5 rings (SSSR count). The lowest BCUT2D eigenvalue weighted by atomic mass is 9.88. The number of aromatic hydroxyl groups is 1. The average Bonchev–Trinajstić information content (AvgIpc) is 3.14. The molecule has 0 aromatic heterocycles. The van der Waals surface area contributed by atoms with Crippen molar-refractivity contribution in [3.05, 3.63) is 101 Å². The number of hydrogen-bond acceptors (Lipinski definition) is 4. The molecule has 0 fully saturated rings.